The van der Waals surface area contributed by atoms with Crippen LogP contribution in [0.1, 0.15) is 25.1 Å². The number of benzene rings is 3. The molecule has 249 valence electrons. The number of pyridine rings is 3. The van der Waals surface area contributed by atoms with E-state index in [9.17, 15) is 0 Å². The molecule has 0 saturated heterocycles. The van der Waals surface area contributed by atoms with Crippen molar-refractivity contribution < 1.29 is 24.5 Å². The number of fused-ring (bicyclic) bond motifs is 6. The van der Waals surface area contributed by atoms with Gasteiger partial charge in [-0.3, -0.25) is 9.97 Å². The van der Waals surface area contributed by atoms with E-state index in [1.54, 1.807) is 6.20 Å². The van der Waals surface area contributed by atoms with Crippen LogP contribution in [0.4, 0.5) is 0 Å². The molecule has 0 aliphatic heterocycles. The van der Waals surface area contributed by atoms with Crippen molar-refractivity contribution in [3.8, 4) is 22.6 Å². The van der Waals surface area contributed by atoms with Crippen molar-refractivity contribution >= 4 is 57.3 Å². The maximum Gasteiger partial charge on any atom is 0.216 e. The fraction of sp³-hybridized carbons (Fsp3) is 0.220. The quantitative estimate of drug-likeness (QED) is 0.128. The second kappa shape index (κ2) is 13.8. The van der Waals surface area contributed by atoms with E-state index in [1.165, 1.54) is 10.8 Å². The molecule has 0 aliphatic rings. The number of aromatic nitrogens is 5. The van der Waals surface area contributed by atoms with Gasteiger partial charge in [0.15, 0.2) is 0 Å². The van der Waals surface area contributed by atoms with Gasteiger partial charge in [0, 0.05) is 56.0 Å². The van der Waals surface area contributed by atoms with Gasteiger partial charge in [-0.2, -0.15) is 0 Å². The first-order valence-electron chi connectivity index (χ1n) is 16.5. The smallest absolute Gasteiger partial charge is 0.216 e. The standard InChI is InChI=1S/C23H15N4O.C18H24NSi.Ir/c1-13-8-9-16-18(25-13)10-11-19-20(16)27(2)22(26-19)17-6-3-5-14-15-7-4-12-24-23(15)28-21(14)17;1-14(2)11-16-12-17(15-9-7-6-8-10-15)19-13-18(16)20(3,4)5;/h3-5,7-12H,1-2H3;6-9,12-14H,11H2,1-5H3;/q2*-1;. The normalized spacial score (nSPS) is 11.7. The van der Waals surface area contributed by atoms with Gasteiger partial charge in [-0.1, -0.05) is 56.1 Å². The molecule has 0 aliphatic carbocycles. The molecule has 49 heavy (non-hydrogen) atoms. The van der Waals surface area contributed by atoms with Crippen molar-refractivity contribution in [2.45, 2.75) is 46.8 Å². The second-order valence-electron chi connectivity index (χ2n) is 13.9. The summed E-state index contributed by atoms with van der Waals surface area (Å²) in [5, 5.41) is 4.59. The van der Waals surface area contributed by atoms with Crippen LogP contribution in [-0.2, 0) is 33.6 Å². The molecule has 5 heterocycles. The summed E-state index contributed by atoms with van der Waals surface area (Å²) in [5.41, 5.74) is 9.77. The minimum Gasteiger partial charge on any atom is -0.486 e. The summed E-state index contributed by atoms with van der Waals surface area (Å²) < 4.78 is 8.18. The molecule has 5 aromatic heterocycles. The SMILES string of the molecule is CC(C)Cc1cc(-c2[c-]cccc2)ncc1[Si](C)(C)C.Cc1ccc2c(ccc3nc(-c4[c-]ccc5c4oc4ncccc45)n(C)c32)n1.[Ir]. The Bertz CT molecular complexity index is 2430. The van der Waals surface area contributed by atoms with Crippen LogP contribution in [0.5, 0.6) is 0 Å². The number of furan rings is 1. The van der Waals surface area contributed by atoms with Crippen molar-refractivity contribution in [2.24, 2.45) is 13.0 Å². The Morgan fingerprint density at radius 2 is 1.65 bits per heavy atom. The summed E-state index contributed by atoms with van der Waals surface area (Å²) in [6.45, 7) is 13.7. The molecule has 8 rings (SSSR count). The van der Waals surface area contributed by atoms with Gasteiger partial charge in [0.05, 0.1) is 36.0 Å². The molecular weight excluding hydrogens is 799 g/mol. The van der Waals surface area contributed by atoms with Crippen LogP contribution >= 0.6 is 0 Å². The average molecular weight is 838 g/mol. The van der Waals surface area contributed by atoms with Crippen LogP contribution in [0.15, 0.2) is 95.7 Å². The van der Waals surface area contributed by atoms with Gasteiger partial charge in [0.1, 0.15) is 0 Å². The molecule has 1 radical (unpaired) electrons. The summed E-state index contributed by atoms with van der Waals surface area (Å²) in [5.74, 6) is 1.48. The molecule has 0 saturated carbocycles. The van der Waals surface area contributed by atoms with E-state index >= 15 is 0 Å². The zero-order valence-corrected chi connectivity index (χ0v) is 32.3. The Morgan fingerprint density at radius 1 is 0.837 bits per heavy atom. The second-order valence-corrected chi connectivity index (χ2v) is 18.9. The zero-order chi connectivity index (χ0) is 33.6. The molecule has 0 unspecified atom stereocenters. The molecule has 0 N–H and O–H groups in total. The van der Waals surface area contributed by atoms with Crippen LogP contribution in [-0.4, -0.2) is 32.6 Å². The van der Waals surface area contributed by atoms with E-state index in [-0.39, 0.29) is 20.1 Å². The summed E-state index contributed by atoms with van der Waals surface area (Å²) in [6.07, 6.45) is 4.98. The minimum atomic E-state index is -1.34. The average Bonchev–Trinajstić information content (AvgIpc) is 3.62. The number of nitrogens with zero attached hydrogens (tertiary/aromatic N) is 5. The third kappa shape index (κ3) is 6.73. The third-order valence-electron chi connectivity index (χ3n) is 8.68. The first-order chi connectivity index (χ1) is 23.1. The summed E-state index contributed by atoms with van der Waals surface area (Å²) in [6, 6.07) is 33.0. The van der Waals surface area contributed by atoms with E-state index in [0.717, 1.165) is 73.1 Å². The zero-order valence-electron chi connectivity index (χ0n) is 28.9. The van der Waals surface area contributed by atoms with Crippen molar-refractivity contribution in [2.75, 3.05) is 0 Å². The number of imidazole rings is 1. The van der Waals surface area contributed by atoms with Gasteiger partial charge in [-0.15, -0.1) is 54.1 Å². The third-order valence-corrected chi connectivity index (χ3v) is 10.8. The Hall–Kier alpha value is -4.49. The van der Waals surface area contributed by atoms with Crippen LogP contribution < -0.4 is 5.19 Å². The van der Waals surface area contributed by atoms with Crippen molar-refractivity contribution in [1.82, 2.24) is 24.5 Å². The molecule has 3 aromatic carbocycles. The van der Waals surface area contributed by atoms with Crippen molar-refractivity contribution in [1.29, 1.82) is 0 Å². The first kappa shape index (κ1) is 34.4. The maximum absolute atomic E-state index is 6.08. The molecule has 8 heteroatoms. The van der Waals surface area contributed by atoms with Crippen LogP contribution in [0.3, 0.4) is 0 Å². The molecule has 0 bridgehead atoms. The summed E-state index contributed by atoms with van der Waals surface area (Å²) >= 11 is 0. The number of hydrogen-bond donors (Lipinski definition) is 0. The Balaban J connectivity index is 0.000000177. The van der Waals surface area contributed by atoms with Crippen molar-refractivity contribution in [3.05, 3.63) is 115 Å². The monoisotopic (exact) mass is 838 g/mol. The van der Waals surface area contributed by atoms with E-state index in [2.05, 4.69) is 89.5 Å². The van der Waals surface area contributed by atoms with E-state index in [1.807, 2.05) is 74.6 Å². The number of rotatable bonds is 5. The van der Waals surface area contributed by atoms with Crippen LogP contribution in [0.2, 0.25) is 19.6 Å². The molecule has 0 atom stereocenters. The van der Waals surface area contributed by atoms with Gasteiger partial charge < -0.3 is 14.0 Å². The van der Waals surface area contributed by atoms with E-state index < -0.39 is 8.07 Å². The Labute approximate surface area is 302 Å². The maximum atomic E-state index is 6.08. The molecule has 0 spiro atoms. The first-order valence-corrected chi connectivity index (χ1v) is 20.0. The number of hydrogen-bond acceptors (Lipinski definition) is 5. The van der Waals surface area contributed by atoms with Crippen molar-refractivity contribution in [3.63, 3.8) is 0 Å². The van der Waals surface area contributed by atoms with E-state index in [4.69, 9.17) is 9.40 Å². The van der Waals surface area contributed by atoms with Gasteiger partial charge >= 0.3 is 0 Å². The summed E-state index contributed by atoms with van der Waals surface area (Å²) in [4.78, 5) is 18.6. The van der Waals surface area contributed by atoms with Crippen LogP contribution in [0.25, 0.3) is 66.7 Å². The Morgan fingerprint density at radius 3 is 2.41 bits per heavy atom. The largest absolute Gasteiger partial charge is 0.486 e. The molecule has 0 amide bonds. The van der Waals surface area contributed by atoms with Gasteiger partial charge in [0.2, 0.25) is 5.71 Å². The van der Waals surface area contributed by atoms with Crippen LogP contribution in [0, 0.1) is 25.0 Å². The van der Waals surface area contributed by atoms with Gasteiger partial charge in [0.25, 0.3) is 0 Å². The van der Waals surface area contributed by atoms with Gasteiger partial charge in [-0.05, 0) is 66.5 Å². The minimum absolute atomic E-state index is 0. The van der Waals surface area contributed by atoms with E-state index in [0.29, 0.717) is 11.6 Å². The predicted octanol–water partition coefficient (Wildman–Crippen LogP) is 9.48. The fourth-order valence-corrected chi connectivity index (χ4v) is 8.05. The molecular formula is C41H39IrN5OSi-2. The van der Waals surface area contributed by atoms with Gasteiger partial charge in [-0.25, -0.2) is 4.98 Å². The summed E-state index contributed by atoms with van der Waals surface area (Å²) in [7, 11) is 0.684. The molecule has 8 aromatic rings. The predicted molar refractivity (Wildman–Crippen MR) is 200 cm³/mol. The fourth-order valence-electron chi connectivity index (χ4n) is 6.46. The molecule has 6 nitrogen and oxygen atoms in total. The molecule has 0 fully saturated rings. The topological polar surface area (TPSA) is 69.6 Å². The number of aryl methyl sites for hydroxylation is 2. The Kier molecular flexibility index (Phi) is 9.67.